The van der Waals surface area contributed by atoms with Crippen LogP contribution in [-0.4, -0.2) is 30.2 Å². The number of thiazole rings is 1. The molecule has 1 aromatic heterocycles. The number of anilines is 1. The lowest BCUT2D eigenvalue weighted by atomic mass is 9.88. The fourth-order valence-corrected chi connectivity index (χ4v) is 2.46. The molecule has 0 spiro atoms. The van der Waals surface area contributed by atoms with Crippen molar-refractivity contribution in [1.82, 2.24) is 4.98 Å². The van der Waals surface area contributed by atoms with Crippen LogP contribution in [0.2, 0.25) is 0 Å². The van der Waals surface area contributed by atoms with Crippen LogP contribution in [0.4, 0.5) is 5.13 Å². The minimum atomic E-state index is -0.772. The van der Waals surface area contributed by atoms with Gasteiger partial charge in [0.1, 0.15) is 0 Å². The molecule has 0 saturated heterocycles. The van der Waals surface area contributed by atoms with E-state index in [9.17, 15) is 4.79 Å². The first kappa shape index (κ1) is 13.0. The van der Waals surface area contributed by atoms with E-state index in [1.54, 1.807) is 25.2 Å². The maximum Gasteiger partial charge on any atom is 0.309 e. The number of aromatic nitrogens is 1. The van der Waals surface area contributed by atoms with Crippen LogP contribution in [0.25, 0.3) is 0 Å². The summed E-state index contributed by atoms with van der Waals surface area (Å²) in [6.45, 7) is 5.41. The monoisotopic (exact) mass is 242 g/mol. The lowest BCUT2D eigenvalue weighted by molar-refractivity contribution is -0.146. The highest BCUT2D eigenvalue weighted by atomic mass is 32.1. The number of carbonyl (C=O) groups is 1. The lowest BCUT2D eigenvalue weighted by Crippen LogP contribution is -2.26. The Morgan fingerprint density at radius 2 is 2.06 bits per heavy atom. The van der Waals surface area contributed by atoms with E-state index in [1.165, 1.54) is 0 Å². The van der Waals surface area contributed by atoms with Crippen molar-refractivity contribution in [2.45, 2.75) is 27.2 Å². The number of aryl methyl sites for hydroxylation is 1. The van der Waals surface area contributed by atoms with Crippen molar-refractivity contribution in [1.29, 1.82) is 0 Å². The zero-order chi connectivity index (χ0) is 12.5. The van der Waals surface area contributed by atoms with Crippen molar-refractivity contribution < 1.29 is 9.90 Å². The standard InChI is InChI=1S/C11H18N2O2S/c1-7-8(6-11(2,3)9(14)15)16-10(12-7)13(4)5/h6H2,1-5H3,(H,14,15). The summed E-state index contributed by atoms with van der Waals surface area (Å²) >= 11 is 1.56. The molecule has 0 atom stereocenters. The van der Waals surface area contributed by atoms with E-state index in [0.29, 0.717) is 6.42 Å². The van der Waals surface area contributed by atoms with Gasteiger partial charge in [-0.2, -0.15) is 0 Å². The maximum absolute atomic E-state index is 11.1. The highest BCUT2D eigenvalue weighted by Gasteiger charge is 2.29. The molecular weight excluding hydrogens is 224 g/mol. The number of hydrogen-bond acceptors (Lipinski definition) is 4. The van der Waals surface area contributed by atoms with Crippen LogP contribution in [0.3, 0.4) is 0 Å². The molecular formula is C11H18N2O2S. The van der Waals surface area contributed by atoms with Gasteiger partial charge in [0.05, 0.1) is 11.1 Å². The van der Waals surface area contributed by atoms with Crippen molar-refractivity contribution >= 4 is 22.4 Å². The molecule has 1 aromatic rings. The Labute approximate surface area is 99.9 Å². The third-order valence-corrected chi connectivity index (χ3v) is 3.77. The molecule has 0 saturated carbocycles. The Hall–Kier alpha value is -1.10. The van der Waals surface area contributed by atoms with Crippen molar-refractivity contribution in [3.63, 3.8) is 0 Å². The lowest BCUT2D eigenvalue weighted by Gasteiger charge is -2.17. The molecule has 0 radical (unpaired) electrons. The van der Waals surface area contributed by atoms with E-state index in [1.807, 2.05) is 25.9 Å². The quantitative estimate of drug-likeness (QED) is 0.879. The highest BCUT2D eigenvalue weighted by Crippen LogP contribution is 2.31. The topological polar surface area (TPSA) is 53.4 Å². The van der Waals surface area contributed by atoms with E-state index in [2.05, 4.69) is 4.98 Å². The number of rotatable bonds is 4. The first-order chi connectivity index (χ1) is 7.24. The summed E-state index contributed by atoms with van der Waals surface area (Å²) in [5, 5.41) is 10.0. The van der Waals surface area contributed by atoms with Gasteiger partial charge in [-0.25, -0.2) is 4.98 Å². The predicted octanol–water partition coefficient (Wildman–Crippen LogP) is 2.17. The molecule has 0 aromatic carbocycles. The predicted molar refractivity (Wildman–Crippen MR) is 66.3 cm³/mol. The van der Waals surface area contributed by atoms with Gasteiger partial charge in [0.25, 0.3) is 0 Å². The molecule has 0 aliphatic carbocycles. The minimum absolute atomic E-state index is 0.527. The normalized spacial score (nSPS) is 11.6. The maximum atomic E-state index is 11.1. The summed E-state index contributed by atoms with van der Waals surface area (Å²) in [4.78, 5) is 18.4. The van der Waals surface area contributed by atoms with Crippen LogP contribution < -0.4 is 4.90 Å². The van der Waals surface area contributed by atoms with Gasteiger partial charge < -0.3 is 10.0 Å². The molecule has 1 heterocycles. The third-order valence-electron chi connectivity index (χ3n) is 2.45. The molecule has 90 valence electrons. The Kier molecular flexibility index (Phi) is 3.57. The smallest absolute Gasteiger partial charge is 0.309 e. The van der Waals surface area contributed by atoms with Crippen LogP contribution in [0.5, 0.6) is 0 Å². The van der Waals surface area contributed by atoms with Crippen LogP contribution in [0.15, 0.2) is 0 Å². The molecule has 4 nitrogen and oxygen atoms in total. The van der Waals surface area contributed by atoms with Gasteiger partial charge in [-0.15, -0.1) is 11.3 Å². The van der Waals surface area contributed by atoms with Crippen LogP contribution in [0, 0.1) is 12.3 Å². The second-order valence-corrected chi connectivity index (χ2v) is 5.83. The fourth-order valence-electron chi connectivity index (χ4n) is 1.24. The van der Waals surface area contributed by atoms with Crippen molar-refractivity contribution in [3.8, 4) is 0 Å². The Balaban J connectivity index is 2.94. The zero-order valence-electron chi connectivity index (χ0n) is 10.4. The molecule has 0 unspecified atom stereocenters. The minimum Gasteiger partial charge on any atom is -0.481 e. The number of nitrogens with zero attached hydrogens (tertiary/aromatic N) is 2. The average Bonchev–Trinajstić information content (AvgIpc) is 2.47. The van der Waals surface area contributed by atoms with Gasteiger partial charge in [0.15, 0.2) is 5.13 Å². The summed E-state index contributed by atoms with van der Waals surface area (Å²) < 4.78 is 0. The van der Waals surface area contributed by atoms with Gasteiger partial charge >= 0.3 is 5.97 Å². The first-order valence-corrected chi connectivity index (χ1v) is 5.92. The molecule has 0 bridgehead atoms. The van der Waals surface area contributed by atoms with Crippen LogP contribution >= 0.6 is 11.3 Å². The van der Waals surface area contributed by atoms with E-state index in [-0.39, 0.29) is 0 Å². The number of carboxylic acid groups (broad SMARTS) is 1. The molecule has 0 aliphatic rings. The van der Waals surface area contributed by atoms with Crippen molar-refractivity contribution in [2.24, 2.45) is 5.41 Å². The Morgan fingerprint density at radius 1 is 1.50 bits per heavy atom. The molecule has 0 amide bonds. The summed E-state index contributed by atoms with van der Waals surface area (Å²) in [5.41, 5.74) is 0.198. The van der Waals surface area contributed by atoms with Gasteiger partial charge in [-0.05, 0) is 27.2 Å². The molecule has 16 heavy (non-hydrogen) atoms. The highest BCUT2D eigenvalue weighted by molar-refractivity contribution is 7.15. The van der Waals surface area contributed by atoms with Gasteiger partial charge in [0, 0.05) is 19.0 Å². The zero-order valence-corrected chi connectivity index (χ0v) is 11.2. The fraction of sp³-hybridized carbons (Fsp3) is 0.636. The van der Waals surface area contributed by atoms with Gasteiger partial charge in [-0.3, -0.25) is 4.79 Å². The average molecular weight is 242 g/mol. The van der Waals surface area contributed by atoms with Crippen LogP contribution in [-0.2, 0) is 11.2 Å². The molecule has 0 aliphatic heterocycles. The van der Waals surface area contributed by atoms with Gasteiger partial charge in [0.2, 0.25) is 0 Å². The Morgan fingerprint density at radius 3 is 2.44 bits per heavy atom. The number of aliphatic carboxylic acids is 1. The van der Waals surface area contributed by atoms with E-state index in [4.69, 9.17) is 5.11 Å². The summed E-state index contributed by atoms with van der Waals surface area (Å²) in [5.74, 6) is -0.772. The number of hydrogen-bond donors (Lipinski definition) is 1. The van der Waals surface area contributed by atoms with Crippen LogP contribution in [0.1, 0.15) is 24.4 Å². The van der Waals surface area contributed by atoms with E-state index < -0.39 is 11.4 Å². The second kappa shape index (κ2) is 4.41. The summed E-state index contributed by atoms with van der Waals surface area (Å²) in [7, 11) is 3.87. The van der Waals surface area contributed by atoms with E-state index in [0.717, 1.165) is 15.7 Å². The number of carboxylic acids is 1. The van der Waals surface area contributed by atoms with Crippen molar-refractivity contribution in [3.05, 3.63) is 10.6 Å². The van der Waals surface area contributed by atoms with E-state index >= 15 is 0 Å². The van der Waals surface area contributed by atoms with Gasteiger partial charge in [-0.1, -0.05) is 0 Å². The first-order valence-electron chi connectivity index (χ1n) is 5.11. The molecule has 1 rings (SSSR count). The summed E-state index contributed by atoms with van der Waals surface area (Å²) in [6.07, 6.45) is 0.527. The third kappa shape index (κ3) is 2.72. The second-order valence-electron chi connectivity index (χ2n) is 4.77. The summed E-state index contributed by atoms with van der Waals surface area (Å²) in [6, 6.07) is 0. The molecule has 0 fully saturated rings. The SMILES string of the molecule is Cc1nc(N(C)C)sc1CC(C)(C)C(=O)O. The Bertz CT molecular complexity index is 397. The van der Waals surface area contributed by atoms with Crippen molar-refractivity contribution in [2.75, 3.05) is 19.0 Å². The largest absolute Gasteiger partial charge is 0.481 e. The molecule has 5 heteroatoms. The molecule has 1 N–H and O–H groups in total.